The van der Waals surface area contributed by atoms with E-state index in [0.717, 1.165) is 5.56 Å². The zero-order valence-corrected chi connectivity index (χ0v) is 11.2. The number of amides is 1. The molecule has 2 aromatic rings. The van der Waals surface area contributed by atoms with Gasteiger partial charge >= 0.3 is 0 Å². The van der Waals surface area contributed by atoms with Crippen LogP contribution in [0.15, 0.2) is 65.8 Å². The van der Waals surface area contributed by atoms with Crippen molar-refractivity contribution in [2.75, 3.05) is 0 Å². The maximum absolute atomic E-state index is 11.8. The van der Waals surface area contributed by atoms with Crippen LogP contribution in [0.2, 0.25) is 0 Å². The summed E-state index contributed by atoms with van der Waals surface area (Å²) in [7, 11) is 0. The van der Waals surface area contributed by atoms with Crippen LogP contribution in [-0.2, 0) is 4.79 Å². The van der Waals surface area contributed by atoms with Gasteiger partial charge in [0.25, 0.3) is 5.91 Å². The molecule has 0 saturated carbocycles. The minimum absolute atomic E-state index is 0.539. The average molecular weight is 268 g/mol. The van der Waals surface area contributed by atoms with E-state index < -0.39 is 12.0 Å². The van der Waals surface area contributed by atoms with E-state index in [-0.39, 0.29) is 0 Å². The first kappa shape index (κ1) is 14.0. The molecule has 2 rings (SSSR count). The Labute approximate surface area is 117 Å². The lowest BCUT2D eigenvalue weighted by atomic mass is 10.1. The molecule has 4 heteroatoms. The minimum Gasteiger partial charge on any atom is -0.378 e. The normalized spacial score (nSPS) is 12.8. The number of carbonyl (C=O) groups is 1. The van der Waals surface area contributed by atoms with Gasteiger partial charge in [-0.05, 0) is 18.1 Å². The Morgan fingerprint density at radius 3 is 2.20 bits per heavy atom. The lowest BCUT2D eigenvalue weighted by Crippen LogP contribution is -2.26. The number of hydrogen-bond donors (Lipinski definition) is 2. The van der Waals surface area contributed by atoms with E-state index in [1.54, 1.807) is 31.2 Å². The Bertz CT molecular complexity index is 594. The van der Waals surface area contributed by atoms with Crippen molar-refractivity contribution in [3.05, 3.63) is 71.8 Å². The summed E-state index contributed by atoms with van der Waals surface area (Å²) in [5.41, 5.74) is 4.52. The number of aliphatic hydroxyl groups is 1. The second-order valence-corrected chi connectivity index (χ2v) is 4.35. The quantitative estimate of drug-likeness (QED) is 0.660. The predicted molar refractivity (Wildman–Crippen MR) is 78.2 cm³/mol. The molecule has 0 heterocycles. The van der Waals surface area contributed by atoms with Crippen LogP contribution in [0.4, 0.5) is 0 Å². The lowest BCUT2D eigenvalue weighted by Gasteiger charge is -2.09. The van der Waals surface area contributed by atoms with Crippen LogP contribution in [0, 0.1) is 0 Å². The molecule has 0 aliphatic carbocycles. The van der Waals surface area contributed by atoms with Crippen molar-refractivity contribution in [2.24, 2.45) is 5.10 Å². The highest BCUT2D eigenvalue weighted by Gasteiger charge is 2.16. The van der Waals surface area contributed by atoms with Gasteiger partial charge in [-0.1, -0.05) is 60.7 Å². The van der Waals surface area contributed by atoms with Gasteiger partial charge in [0, 0.05) is 0 Å². The van der Waals surface area contributed by atoms with Crippen LogP contribution in [0.5, 0.6) is 0 Å². The predicted octanol–water partition coefficient (Wildman–Crippen LogP) is 2.26. The molecular weight excluding hydrogens is 252 g/mol. The van der Waals surface area contributed by atoms with Crippen LogP contribution >= 0.6 is 0 Å². The summed E-state index contributed by atoms with van der Waals surface area (Å²) in [5, 5.41) is 13.9. The smallest absolute Gasteiger partial charge is 0.273 e. The number of benzene rings is 2. The molecule has 0 aromatic heterocycles. The molecule has 2 N–H and O–H groups in total. The third-order valence-corrected chi connectivity index (χ3v) is 2.89. The fourth-order valence-electron chi connectivity index (χ4n) is 1.73. The first-order valence-corrected chi connectivity index (χ1v) is 6.31. The van der Waals surface area contributed by atoms with Gasteiger partial charge in [0.2, 0.25) is 0 Å². The van der Waals surface area contributed by atoms with E-state index in [2.05, 4.69) is 10.5 Å². The van der Waals surface area contributed by atoms with Crippen molar-refractivity contribution in [3.8, 4) is 0 Å². The molecule has 0 fully saturated rings. The second kappa shape index (κ2) is 6.63. The van der Waals surface area contributed by atoms with Crippen LogP contribution in [0.3, 0.4) is 0 Å². The number of aliphatic hydroxyl groups excluding tert-OH is 1. The zero-order valence-electron chi connectivity index (χ0n) is 11.2. The summed E-state index contributed by atoms with van der Waals surface area (Å²) in [4.78, 5) is 11.8. The molecular formula is C16H16N2O2. The van der Waals surface area contributed by atoms with Gasteiger partial charge in [-0.25, -0.2) is 5.43 Å². The zero-order chi connectivity index (χ0) is 14.4. The Kier molecular flexibility index (Phi) is 4.63. The highest BCUT2D eigenvalue weighted by molar-refractivity contribution is 5.99. The molecule has 1 unspecified atom stereocenters. The van der Waals surface area contributed by atoms with Crippen molar-refractivity contribution < 1.29 is 9.90 Å². The Balaban J connectivity index is 2.02. The third-order valence-electron chi connectivity index (χ3n) is 2.89. The largest absolute Gasteiger partial charge is 0.378 e. The van der Waals surface area contributed by atoms with Crippen LogP contribution in [0.1, 0.15) is 24.2 Å². The molecule has 20 heavy (non-hydrogen) atoms. The van der Waals surface area contributed by atoms with Crippen LogP contribution < -0.4 is 5.43 Å². The highest BCUT2D eigenvalue weighted by atomic mass is 16.3. The monoisotopic (exact) mass is 268 g/mol. The summed E-state index contributed by atoms with van der Waals surface area (Å²) in [6, 6.07) is 18.3. The summed E-state index contributed by atoms with van der Waals surface area (Å²) in [6.07, 6.45) is -1.22. The van der Waals surface area contributed by atoms with E-state index in [0.29, 0.717) is 11.3 Å². The van der Waals surface area contributed by atoms with Gasteiger partial charge < -0.3 is 5.11 Å². The van der Waals surface area contributed by atoms with E-state index in [9.17, 15) is 9.90 Å². The summed E-state index contributed by atoms with van der Waals surface area (Å²) in [6.45, 7) is 1.80. The minimum atomic E-state index is -1.22. The van der Waals surface area contributed by atoms with Crippen molar-refractivity contribution in [1.82, 2.24) is 5.43 Å². The van der Waals surface area contributed by atoms with Crippen molar-refractivity contribution in [1.29, 1.82) is 0 Å². The number of hydrogen-bond acceptors (Lipinski definition) is 3. The number of carbonyl (C=O) groups excluding carboxylic acids is 1. The van der Waals surface area contributed by atoms with Crippen LogP contribution in [0.25, 0.3) is 0 Å². The molecule has 0 radical (unpaired) electrons. The van der Waals surface area contributed by atoms with E-state index in [4.69, 9.17) is 0 Å². The average Bonchev–Trinajstić information content (AvgIpc) is 2.53. The maximum atomic E-state index is 11.8. The van der Waals surface area contributed by atoms with Gasteiger partial charge in [-0.15, -0.1) is 0 Å². The molecule has 102 valence electrons. The standard InChI is InChI=1S/C16H16N2O2/c1-12(13-8-4-2-5-9-13)17-18-16(20)15(19)14-10-6-3-7-11-14/h2-11,15,19H,1H3,(H,18,20)/b17-12+. The molecule has 0 bridgehead atoms. The fraction of sp³-hybridized carbons (Fsp3) is 0.125. The molecule has 1 amide bonds. The fourth-order valence-corrected chi connectivity index (χ4v) is 1.73. The van der Waals surface area contributed by atoms with Gasteiger partial charge in [0.1, 0.15) is 0 Å². The van der Waals surface area contributed by atoms with E-state index >= 15 is 0 Å². The van der Waals surface area contributed by atoms with Gasteiger partial charge in [-0.2, -0.15) is 5.10 Å². The van der Waals surface area contributed by atoms with Gasteiger partial charge in [0.05, 0.1) is 5.71 Å². The highest BCUT2D eigenvalue weighted by Crippen LogP contribution is 2.11. The summed E-state index contributed by atoms with van der Waals surface area (Å²) < 4.78 is 0. The van der Waals surface area contributed by atoms with E-state index in [1.807, 2.05) is 36.4 Å². The van der Waals surface area contributed by atoms with Gasteiger partial charge in [-0.3, -0.25) is 4.79 Å². The summed E-state index contributed by atoms with van der Waals surface area (Å²) >= 11 is 0. The number of nitrogens with zero attached hydrogens (tertiary/aromatic N) is 1. The van der Waals surface area contributed by atoms with Crippen molar-refractivity contribution in [2.45, 2.75) is 13.0 Å². The SMILES string of the molecule is C/C(=N\NC(=O)C(O)c1ccccc1)c1ccccc1. The van der Waals surface area contributed by atoms with Gasteiger partial charge in [0.15, 0.2) is 6.10 Å². The van der Waals surface area contributed by atoms with Crippen LogP contribution in [-0.4, -0.2) is 16.7 Å². The Morgan fingerprint density at radius 2 is 1.60 bits per heavy atom. The first-order chi connectivity index (χ1) is 9.68. The number of nitrogens with one attached hydrogen (secondary N) is 1. The molecule has 2 aromatic carbocycles. The number of rotatable bonds is 4. The molecule has 1 atom stereocenters. The number of hydrazone groups is 1. The molecule has 4 nitrogen and oxygen atoms in total. The van der Waals surface area contributed by atoms with Crippen molar-refractivity contribution >= 4 is 11.6 Å². The maximum Gasteiger partial charge on any atom is 0.273 e. The first-order valence-electron chi connectivity index (χ1n) is 6.31. The molecule has 0 aliphatic rings. The molecule has 0 aliphatic heterocycles. The second-order valence-electron chi connectivity index (χ2n) is 4.35. The van der Waals surface area contributed by atoms with E-state index in [1.165, 1.54) is 0 Å². The summed E-state index contributed by atoms with van der Waals surface area (Å²) in [5.74, 6) is -0.550. The topological polar surface area (TPSA) is 61.7 Å². The Hall–Kier alpha value is -2.46. The Morgan fingerprint density at radius 1 is 1.05 bits per heavy atom. The third kappa shape index (κ3) is 3.52. The lowest BCUT2D eigenvalue weighted by molar-refractivity contribution is -0.129. The molecule has 0 spiro atoms. The van der Waals surface area contributed by atoms with Crippen molar-refractivity contribution in [3.63, 3.8) is 0 Å². The molecule has 0 saturated heterocycles.